The molecule has 0 bridgehead atoms. The number of nitrogens with zero attached hydrogens (tertiary/aromatic N) is 2. The van der Waals surface area contributed by atoms with E-state index in [1.807, 2.05) is 5.32 Å². The van der Waals surface area contributed by atoms with Gasteiger partial charge < -0.3 is 5.32 Å². The SMILES string of the molecule is O=C(CC(F)(F)F)NCCS(=O)(=O)Nc1ccn2nccc2c1. The molecule has 0 aliphatic rings. The van der Waals surface area contributed by atoms with E-state index in [2.05, 4.69) is 9.82 Å². The quantitative estimate of drug-likeness (QED) is 0.817. The molecule has 0 saturated carbocycles. The van der Waals surface area contributed by atoms with Gasteiger partial charge in [-0.2, -0.15) is 18.3 Å². The van der Waals surface area contributed by atoms with E-state index in [1.165, 1.54) is 10.6 Å². The number of alkyl halides is 3. The third-order valence-corrected chi connectivity index (χ3v) is 4.02. The summed E-state index contributed by atoms with van der Waals surface area (Å²) in [5.41, 5.74) is 0.961. The van der Waals surface area contributed by atoms with Gasteiger partial charge in [-0.05, 0) is 18.2 Å². The van der Waals surface area contributed by atoms with E-state index in [0.29, 0.717) is 11.2 Å². The number of hydrogen-bond donors (Lipinski definition) is 2. The van der Waals surface area contributed by atoms with Crippen LogP contribution in [0.2, 0.25) is 0 Å². The molecular weight excluding hydrogens is 337 g/mol. The number of pyridine rings is 1. The Balaban J connectivity index is 1.88. The van der Waals surface area contributed by atoms with Crippen LogP contribution in [-0.2, 0) is 14.8 Å². The number of anilines is 1. The van der Waals surface area contributed by atoms with Crippen molar-refractivity contribution in [1.29, 1.82) is 0 Å². The van der Waals surface area contributed by atoms with Crippen molar-refractivity contribution in [1.82, 2.24) is 14.9 Å². The fourth-order valence-corrected chi connectivity index (χ4v) is 2.74. The van der Waals surface area contributed by atoms with Crippen LogP contribution in [-0.4, -0.2) is 42.4 Å². The molecule has 0 aliphatic carbocycles. The lowest BCUT2D eigenvalue weighted by Gasteiger charge is -2.10. The summed E-state index contributed by atoms with van der Waals surface area (Å²) in [4.78, 5) is 11.0. The highest BCUT2D eigenvalue weighted by molar-refractivity contribution is 7.92. The zero-order chi connectivity index (χ0) is 17.1. The van der Waals surface area contributed by atoms with Crippen LogP contribution >= 0.6 is 0 Å². The van der Waals surface area contributed by atoms with E-state index in [-0.39, 0.29) is 0 Å². The fraction of sp³-hybridized carbons (Fsp3) is 0.333. The lowest BCUT2D eigenvalue weighted by Crippen LogP contribution is -2.33. The first-order chi connectivity index (χ1) is 10.6. The largest absolute Gasteiger partial charge is 0.397 e. The van der Waals surface area contributed by atoms with Crippen molar-refractivity contribution in [3.05, 3.63) is 30.6 Å². The summed E-state index contributed by atoms with van der Waals surface area (Å²) >= 11 is 0. The van der Waals surface area contributed by atoms with Crippen LogP contribution in [0.4, 0.5) is 18.9 Å². The average molecular weight is 350 g/mol. The molecule has 0 radical (unpaired) electrons. The standard InChI is InChI=1S/C12H13F3N4O3S/c13-12(14,15)8-11(20)16-4-6-23(21,22)18-9-2-5-19-10(7-9)1-3-17-19/h1-3,5,7,18H,4,6,8H2,(H,16,20). The molecule has 0 fully saturated rings. The van der Waals surface area contributed by atoms with Crippen LogP contribution in [0.15, 0.2) is 30.6 Å². The van der Waals surface area contributed by atoms with Gasteiger partial charge in [0.2, 0.25) is 15.9 Å². The Hall–Kier alpha value is -2.30. The first-order valence-corrected chi connectivity index (χ1v) is 8.07. The van der Waals surface area contributed by atoms with Gasteiger partial charge in [0.05, 0.1) is 17.0 Å². The van der Waals surface area contributed by atoms with E-state index in [1.54, 1.807) is 24.5 Å². The molecule has 0 unspecified atom stereocenters. The summed E-state index contributed by atoms with van der Waals surface area (Å²) < 4.78 is 63.4. The molecule has 0 saturated heterocycles. The fourth-order valence-electron chi connectivity index (χ4n) is 1.79. The molecule has 2 N–H and O–H groups in total. The van der Waals surface area contributed by atoms with E-state index < -0.39 is 40.8 Å². The van der Waals surface area contributed by atoms with Crippen molar-refractivity contribution < 1.29 is 26.4 Å². The number of hydrogen-bond acceptors (Lipinski definition) is 4. The second-order valence-electron chi connectivity index (χ2n) is 4.68. The number of halogens is 3. The third kappa shape index (κ3) is 5.43. The van der Waals surface area contributed by atoms with Crippen molar-refractivity contribution in [2.75, 3.05) is 17.0 Å². The van der Waals surface area contributed by atoms with Gasteiger partial charge in [0.1, 0.15) is 6.42 Å². The van der Waals surface area contributed by atoms with Gasteiger partial charge in [-0.25, -0.2) is 12.9 Å². The maximum absolute atomic E-state index is 12.0. The Labute approximate surface area is 129 Å². The maximum Gasteiger partial charge on any atom is 0.397 e. The second-order valence-corrected chi connectivity index (χ2v) is 6.52. The lowest BCUT2D eigenvalue weighted by atomic mass is 10.4. The van der Waals surface area contributed by atoms with Crippen LogP contribution < -0.4 is 10.0 Å². The molecule has 2 heterocycles. The second kappa shape index (κ2) is 6.44. The van der Waals surface area contributed by atoms with E-state index >= 15 is 0 Å². The molecule has 7 nitrogen and oxygen atoms in total. The van der Waals surface area contributed by atoms with Crippen LogP contribution in [0.5, 0.6) is 0 Å². The number of aromatic nitrogens is 2. The van der Waals surface area contributed by atoms with Crippen LogP contribution in [0, 0.1) is 0 Å². The van der Waals surface area contributed by atoms with Crippen LogP contribution in [0.25, 0.3) is 5.52 Å². The summed E-state index contributed by atoms with van der Waals surface area (Å²) in [6, 6.07) is 4.71. The van der Waals surface area contributed by atoms with Gasteiger partial charge in [0, 0.05) is 18.9 Å². The molecule has 2 aromatic heterocycles. The topological polar surface area (TPSA) is 92.6 Å². The Morgan fingerprint density at radius 1 is 1.30 bits per heavy atom. The van der Waals surface area contributed by atoms with Gasteiger partial charge >= 0.3 is 6.18 Å². The van der Waals surface area contributed by atoms with E-state index in [4.69, 9.17) is 0 Å². The summed E-state index contributed by atoms with van der Waals surface area (Å²) in [6.45, 7) is -0.417. The molecule has 0 aromatic carbocycles. The number of sulfonamides is 1. The molecule has 1 amide bonds. The van der Waals surface area contributed by atoms with E-state index in [0.717, 1.165) is 0 Å². The average Bonchev–Trinajstić information content (AvgIpc) is 2.82. The minimum atomic E-state index is -4.62. The molecule has 2 aromatic rings. The van der Waals surface area contributed by atoms with Gasteiger partial charge in [-0.3, -0.25) is 9.52 Å². The summed E-state index contributed by atoms with van der Waals surface area (Å²) in [6.07, 6.45) is -3.16. The van der Waals surface area contributed by atoms with Gasteiger partial charge in [-0.1, -0.05) is 0 Å². The molecule has 0 aliphatic heterocycles. The minimum Gasteiger partial charge on any atom is -0.355 e. The number of rotatable bonds is 6. The Bertz CT molecular complexity index is 801. The molecule has 2 rings (SSSR count). The molecule has 23 heavy (non-hydrogen) atoms. The highest BCUT2D eigenvalue weighted by atomic mass is 32.2. The first-order valence-electron chi connectivity index (χ1n) is 6.42. The Kier molecular flexibility index (Phi) is 4.78. The highest BCUT2D eigenvalue weighted by Crippen LogP contribution is 2.18. The van der Waals surface area contributed by atoms with Crippen molar-refractivity contribution in [3.63, 3.8) is 0 Å². The lowest BCUT2D eigenvalue weighted by molar-refractivity contribution is -0.153. The normalized spacial score (nSPS) is 12.3. The maximum atomic E-state index is 12.0. The van der Waals surface area contributed by atoms with Crippen molar-refractivity contribution in [2.45, 2.75) is 12.6 Å². The zero-order valence-corrected chi connectivity index (χ0v) is 12.5. The van der Waals surface area contributed by atoms with Gasteiger partial charge in [0.25, 0.3) is 0 Å². The summed E-state index contributed by atoms with van der Waals surface area (Å²) in [7, 11) is -3.80. The van der Waals surface area contributed by atoms with Gasteiger partial charge in [0.15, 0.2) is 0 Å². The number of nitrogens with one attached hydrogen (secondary N) is 2. The first kappa shape index (κ1) is 17.1. The number of carbonyl (C=O) groups is 1. The van der Waals surface area contributed by atoms with Crippen LogP contribution in [0.3, 0.4) is 0 Å². The molecule has 11 heteroatoms. The number of fused-ring (bicyclic) bond motifs is 1. The summed E-state index contributed by atoms with van der Waals surface area (Å²) in [5, 5.41) is 5.87. The van der Waals surface area contributed by atoms with Crippen LogP contribution in [0.1, 0.15) is 6.42 Å². The molecular formula is C12H13F3N4O3S. The van der Waals surface area contributed by atoms with Gasteiger partial charge in [-0.15, -0.1) is 0 Å². The predicted octanol–water partition coefficient (Wildman–Crippen LogP) is 1.14. The molecule has 0 atom stereocenters. The monoisotopic (exact) mass is 350 g/mol. The highest BCUT2D eigenvalue weighted by Gasteiger charge is 2.31. The Morgan fingerprint density at radius 2 is 2.04 bits per heavy atom. The summed E-state index contributed by atoms with van der Waals surface area (Å²) in [5.74, 6) is -1.81. The molecule has 126 valence electrons. The Morgan fingerprint density at radius 3 is 2.74 bits per heavy atom. The third-order valence-electron chi connectivity index (χ3n) is 2.73. The minimum absolute atomic E-state index is 0.291. The number of amides is 1. The van der Waals surface area contributed by atoms with Crippen molar-refractivity contribution in [3.8, 4) is 0 Å². The predicted molar refractivity (Wildman–Crippen MR) is 76.3 cm³/mol. The van der Waals surface area contributed by atoms with Crippen molar-refractivity contribution in [2.24, 2.45) is 0 Å². The molecule has 0 spiro atoms. The smallest absolute Gasteiger partial charge is 0.355 e. The number of carbonyl (C=O) groups excluding carboxylic acids is 1. The van der Waals surface area contributed by atoms with E-state index in [9.17, 15) is 26.4 Å². The van der Waals surface area contributed by atoms with Crippen molar-refractivity contribution >= 4 is 27.1 Å². The zero-order valence-electron chi connectivity index (χ0n) is 11.7.